The zero-order chi connectivity index (χ0) is 33.9. The SMILES string of the molecule is CC(CCCCCC(C)(C)C(C)=C(C)CCCCCC(C)C(C)=C(C)OC=O)=C(C)C(C)CCCCC/C(C)=C(\C)C(=O)O. The second-order valence-electron chi connectivity index (χ2n) is 14.5. The van der Waals surface area contributed by atoms with Crippen LogP contribution in [-0.4, -0.2) is 17.5 Å². The molecule has 4 heteroatoms. The third kappa shape index (κ3) is 16.8. The van der Waals surface area contributed by atoms with Gasteiger partial charge >= 0.3 is 5.97 Å². The second-order valence-corrected chi connectivity index (χ2v) is 14.5. The highest BCUT2D eigenvalue weighted by Crippen LogP contribution is 2.36. The van der Waals surface area contributed by atoms with Crippen molar-refractivity contribution in [3.63, 3.8) is 0 Å². The van der Waals surface area contributed by atoms with Crippen molar-refractivity contribution in [2.24, 2.45) is 17.3 Å². The number of carbonyl (C=O) groups is 2. The topological polar surface area (TPSA) is 63.6 Å². The maximum absolute atomic E-state index is 11.1. The number of hydrogen-bond acceptors (Lipinski definition) is 3. The van der Waals surface area contributed by atoms with E-state index < -0.39 is 5.97 Å². The molecule has 0 spiro atoms. The van der Waals surface area contributed by atoms with Crippen LogP contribution >= 0.6 is 0 Å². The van der Waals surface area contributed by atoms with Crippen molar-refractivity contribution in [2.45, 2.75) is 179 Å². The lowest BCUT2D eigenvalue weighted by Crippen LogP contribution is -2.14. The van der Waals surface area contributed by atoms with Crippen LogP contribution in [0.3, 0.4) is 0 Å². The van der Waals surface area contributed by atoms with Gasteiger partial charge in [-0.15, -0.1) is 0 Å². The van der Waals surface area contributed by atoms with Crippen molar-refractivity contribution in [3.8, 4) is 0 Å². The summed E-state index contributed by atoms with van der Waals surface area (Å²) < 4.78 is 5.02. The minimum absolute atomic E-state index is 0.257. The predicted octanol–water partition coefficient (Wildman–Crippen LogP) is 12.7. The summed E-state index contributed by atoms with van der Waals surface area (Å²) >= 11 is 0. The van der Waals surface area contributed by atoms with E-state index in [1.807, 2.05) is 13.8 Å². The first-order valence-electron chi connectivity index (χ1n) is 17.6. The van der Waals surface area contributed by atoms with Crippen molar-refractivity contribution < 1.29 is 19.4 Å². The lowest BCUT2D eigenvalue weighted by molar-refractivity contribution is -0.132. The summed E-state index contributed by atoms with van der Waals surface area (Å²) in [5, 5.41) is 9.12. The monoisotopic (exact) mass is 615 g/mol. The van der Waals surface area contributed by atoms with Gasteiger partial charge in [0.05, 0.1) is 0 Å². The third-order valence-corrected chi connectivity index (χ3v) is 10.8. The van der Waals surface area contributed by atoms with Gasteiger partial charge in [0.1, 0.15) is 5.76 Å². The highest BCUT2D eigenvalue weighted by Gasteiger charge is 2.21. The van der Waals surface area contributed by atoms with Gasteiger partial charge in [0.2, 0.25) is 0 Å². The van der Waals surface area contributed by atoms with Crippen LogP contribution < -0.4 is 0 Å². The van der Waals surface area contributed by atoms with Crippen molar-refractivity contribution >= 4 is 12.4 Å². The Balaban J connectivity index is 4.44. The normalized spacial score (nSPS) is 15.9. The van der Waals surface area contributed by atoms with Gasteiger partial charge in [-0.3, -0.25) is 4.79 Å². The summed E-state index contributed by atoms with van der Waals surface area (Å²) in [6.07, 6.45) is 17.9. The summed E-state index contributed by atoms with van der Waals surface area (Å²) in [5.74, 6) is 1.03. The lowest BCUT2D eigenvalue weighted by atomic mass is 9.77. The highest BCUT2D eigenvalue weighted by atomic mass is 16.5. The van der Waals surface area contributed by atoms with Crippen LogP contribution in [0.2, 0.25) is 0 Å². The zero-order valence-corrected chi connectivity index (χ0v) is 31.0. The molecule has 4 nitrogen and oxygen atoms in total. The van der Waals surface area contributed by atoms with E-state index in [2.05, 4.69) is 62.3 Å². The van der Waals surface area contributed by atoms with Gasteiger partial charge in [-0.2, -0.15) is 0 Å². The second kappa shape index (κ2) is 22.4. The van der Waals surface area contributed by atoms with Gasteiger partial charge in [-0.1, -0.05) is 94.1 Å². The Kier molecular flexibility index (Phi) is 21.3. The average Bonchev–Trinajstić information content (AvgIpc) is 2.98. The standard InChI is InChI=1S/C40H70O4/c1-29(22-16-13-18-25-32(4)36(8)39(42)43)34(6)30(2)23-20-15-21-27-40(11,12)37(9)33(5)26-19-14-17-24-31(3)35(7)38(10)44-28-41/h28-29,31H,13-27H2,1-12H3,(H,42,43)/b34-30?,36-32+,37-33?,38-35?. The molecule has 0 aliphatic rings. The molecule has 44 heavy (non-hydrogen) atoms. The molecule has 0 radical (unpaired) electrons. The Bertz CT molecular complexity index is 1000. The number of aliphatic carboxylic acids is 1. The molecule has 0 aromatic rings. The quantitative estimate of drug-likeness (QED) is 0.0386. The Morgan fingerprint density at radius 2 is 1.11 bits per heavy atom. The number of carbonyl (C=O) groups excluding carboxylic acids is 1. The van der Waals surface area contributed by atoms with Gasteiger partial charge in [-0.25, -0.2) is 4.79 Å². The van der Waals surface area contributed by atoms with E-state index in [9.17, 15) is 9.59 Å². The number of unbranched alkanes of at least 4 members (excludes halogenated alkanes) is 6. The van der Waals surface area contributed by atoms with Crippen LogP contribution in [0, 0.1) is 17.3 Å². The molecule has 0 amide bonds. The summed E-state index contributed by atoms with van der Waals surface area (Å²) in [6.45, 7) is 26.9. The molecule has 0 rings (SSSR count). The number of rotatable bonds is 24. The molecule has 1 N–H and O–H groups in total. The van der Waals surface area contributed by atoms with Gasteiger partial charge in [0.25, 0.3) is 6.47 Å². The summed E-state index contributed by atoms with van der Waals surface area (Å²) in [7, 11) is 0. The molecule has 2 unspecified atom stereocenters. The van der Waals surface area contributed by atoms with Crippen LogP contribution in [0.1, 0.15) is 179 Å². The fraction of sp³-hybridized carbons (Fsp3) is 0.750. The molecule has 0 heterocycles. The fourth-order valence-corrected chi connectivity index (χ4v) is 6.05. The van der Waals surface area contributed by atoms with E-state index in [0.29, 0.717) is 23.9 Å². The van der Waals surface area contributed by atoms with E-state index in [0.717, 1.165) is 30.6 Å². The Labute approximate surface area is 272 Å². The first-order chi connectivity index (χ1) is 20.6. The zero-order valence-electron chi connectivity index (χ0n) is 31.0. The van der Waals surface area contributed by atoms with Crippen molar-refractivity contribution in [1.29, 1.82) is 0 Å². The van der Waals surface area contributed by atoms with Crippen LogP contribution in [0.25, 0.3) is 0 Å². The Morgan fingerprint density at radius 3 is 1.61 bits per heavy atom. The minimum Gasteiger partial charge on any atom is -0.478 e. The number of carboxylic acid groups (broad SMARTS) is 1. The van der Waals surface area contributed by atoms with Crippen LogP contribution in [0.4, 0.5) is 0 Å². The van der Waals surface area contributed by atoms with Gasteiger partial charge < -0.3 is 9.84 Å². The molecule has 0 fully saturated rings. The maximum atomic E-state index is 11.1. The molecule has 0 aromatic carbocycles. The maximum Gasteiger partial charge on any atom is 0.331 e. The molecule has 0 aromatic heterocycles. The summed E-state index contributed by atoms with van der Waals surface area (Å²) in [4.78, 5) is 21.7. The fourth-order valence-electron chi connectivity index (χ4n) is 6.05. The molecular weight excluding hydrogens is 544 g/mol. The summed E-state index contributed by atoms with van der Waals surface area (Å²) in [5.41, 5.74) is 9.25. The minimum atomic E-state index is -0.790. The molecule has 0 aliphatic heterocycles. The number of carboxylic acids is 1. The van der Waals surface area contributed by atoms with E-state index >= 15 is 0 Å². The van der Waals surface area contributed by atoms with Gasteiger partial charge in [-0.05, 0) is 136 Å². The van der Waals surface area contributed by atoms with Gasteiger partial charge in [0.15, 0.2) is 0 Å². The molecular formula is C40H70O4. The average molecular weight is 615 g/mol. The van der Waals surface area contributed by atoms with Crippen molar-refractivity contribution in [1.82, 2.24) is 0 Å². The van der Waals surface area contributed by atoms with Crippen LogP contribution in [0.15, 0.2) is 44.8 Å². The Hall–Kier alpha value is -2.10. The number of hydrogen-bond donors (Lipinski definition) is 1. The van der Waals surface area contributed by atoms with Gasteiger partial charge in [0, 0.05) is 5.57 Å². The third-order valence-electron chi connectivity index (χ3n) is 10.8. The largest absolute Gasteiger partial charge is 0.478 e. The number of allylic oxidation sites excluding steroid dienone is 7. The van der Waals surface area contributed by atoms with Crippen LogP contribution in [-0.2, 0) is 14.3 Å². The van der Waals surface area contributed by atoms with E-state index in [1.165, 1.54) is 82.6 Å². The lowest BCUT2D eigenvalue weighted by Gasteiger charge is -2.28. The smallest absolute Gasteiger partial charge is 0.331 e. The first kappa shape index (κ1) is 41.9. The predicted molar refractivity (Wildman–Crippen MR) is 190 cm³/mol. The molecule has 0 bridgehead atoms. The van der Waals surface area contributed by atoms with E-state index in [4.69, 9.17) is 9.84 Å². The molecule has 0 saturated heterocycles. The molecule has 0 saturated carbocycles. The Morgan fingerprint density at radius 1 is 0.659 bits per heavy atom. The molecule has 2 atom stereocenters. The van der Waals surface area contributed by atoms with E-state index in [-0.39, 0.29) is 5.41 Å². The van der Waals surface area contributed by atoms with Crippen molar-refractivity contribution in [2.75, 3.05) is 0 Å². The van der Waals surface area contributed by atoms with Crippen molar-refractivity contribution in [3.05, 3.63) is 44.8 Å². The molecule has 0 aliphatic carbocycles. The van der Waals surface area contributed by atoms with Crippen LogP contribution in [0.5, 0.6) is 0 Å². The highest BCUT2D eigenvalue weighted by molar-refractivity contribution is 5.86. The number of ether oxygens (including phenoxy) is 1. The van der Waals surface area contributed by atoms with E-state index in [1.54, 1.807) is 29.2 Å². The first-order valence-corrected chi connectivity index (χ1v) is 17.6. The summed E-state index contributed by atoms with van der Waals surface area (Å²) in [6, 6.07) is 0. The molecule has 254 valence electrons.